The van der Waals surface area contributed by atoms with Gasteiger partial charge in [-0.25, -0.2) is 4.98 Å². The Labute approximate surface area is 173 Å². The molecule has 1 aromatic heterocycles. The molecule has 5 rings (SSSR count). The summed E-state index contributed by atoms with van der Waals surface area (Å²) in [6.45, 7) is 7.61. The van der Waals surface area contributed by atoms with Crippen molar-refractivity contribution < 1.29 is 9.90 Å². The van der Waals surface area contributed by atoms with E-state index in [-0.39, 0.29) is 12.0 Å². The molecule has 4 heterocycles. The van der Waals surface area contributed by atoms with Crippen LogP contribution in [0, 0.1) is 0 Å². The number of aromatic nitrogens is 1. The number of anilines is 1. The molecule has 1 saturated carbocycles. The molecule has 1 unspecified atom stereocenters. The van der Waals surface area contributed by atoms with Gasteiger partial charge in [-0.1, -0.05) is 12.5 Å². The number of amides is 1. The zero-order chi connectivity index (χ0) is 19.8. The van der Waals surface area contributed by atoms with Crippen LogP contribution in [0.25, 0.3) is 0 Å². The van der Waals surface area contributed by atoms with Gasteiger partial charge in [-0.05, 0) is 30.9 Å². The molecule has 4 aliphatic rings. The van der Waals surface area contributed by atoms with Crippen LogP contribution in [0.5, 0.6) is 0 Å². The van der Waals surface area contributed by atoms with Crippen LogP contribution in [0.3, 0.4) is 0 Å². The standard InChI is InChI=1S/C22H33N5O2/c28-19-6-9-27(15-19)21-5-4-17-14-24(8-7-20(17)23-21)16-22(29)26-12-10-25(11-13-26)18-2-1-3-18/h4-5,18-19,28H,1-3,6-16H2. The number of carbonyl (C=O) groups is 1. The van der Waals surface area contributed by atoms with Crippen LogP contribution in [0.1, 0.15) is 36.9 Å². The van der Waals surface area contributed by atoms with Gasteiger partial charge < -0.3 is 14.9 Å². The van der Waals surface area contributed by atoms with Gasteiger partial charge >= 0.3 is 0 Å². The number of piperazine rings is 1. The van der Waals surface area contributed by atoms with Gasteiger partial charge in [-0.2, -0.15) is 0 Å². The zero-order valence-electron chi connectivity index (χ0n) is 17.3. The Morgan fingerprint density at radius 1 is 1.07 bits per heavy atom. The monoisotopic (exact) mass is 399 g/mol. The van der Waals surface area contributed by atoms with Crippen molar-refractivity contribution in [3.8, 4) is 0 Å². The van der Waals surface area contributed by atoms with Gasteiger partial charge in [-0.3, -0.25) is 14.6 Å². The number of rotatable bonds is 4. The molecule has 158 valence electrons. The number of hydrogen-bond acceptors (Lipinski definition) is 6. The van der Waals surface area contributed by atoms with Gasteiger partial charge in [-0.15, -0.1) is 0 Å². The molecule has 1 aromatic rings. The van der Waals surface area contributed by atoms with Crippen molar-refractivity contribution in [2.24, 2.45) is 0 Å². The maximum atomic E-state index is 12.8. The normalized spacial score (nSPS) is 26.4. The van der Waals surface area contributed by atoms with Gasteiger partial charge in [0.25, 0.3) is 0 Å². The molecule has 1 N–H and O–H groups in total. The lowest BCUT2D eigenvalue weighted by atomic mass is 9.91. The summed E-state index contributed by atoms with van der Waals surface area (Å²) in [6.07, 6.45) is 5.54. The molecule has 0 spiro atoms. The number of nitrogens with zero attached hydrogens (tertiary/aromatic N) is 5. The molecule has 0 aromatic carbocycles. The fourth-order valence-electron chi connectivity index (χ4n) is 5.10. The van der Waals surface area contributed by atoms with Crippen LogP contribution in [-0.4, -0.2) is 95.2 Å². The van der Waals surface area contributed by atoms with Gasteiger partial charge in [0.2, 0.25) is 5.91 Å². The van der Waals surface area contributed by atoms with Crippen LogP contribution in [0.15, 0.2) is 12.1 Å². The Bertz CT molecular complexity index is 745. The van der Waals surface area contributed by atoms with Crippen molar-refractivity contribution in [1.29, 1.82) is 0 Å². The maximum Gasteiger partial charge on any atom is 0.236 e. The van der Waals surface area contributed by atoms with Crippen molar-refractivity contribution in [3.05, 3.63) is 23.4 Å². The second kappa shape index (κ2) is 8.20. The van der Waals surface area contributed by atoms with E-state index in [2.05, 4.69) is 31.7 Å². The predicted octanol–water partition coefficient (Wildman–Crippen LogP) is 0.707. The van der Waals surface area contributed by atoms with E-state index in [4.69, 9.17) is 4.98 Å². The van der Waals surface area contributed by atoms with E-state index in [1.54, 1.807) is 0 Å². The van der Waals surface area contributed by atoms with Crippen LogP contribution in [0.2, 0.25) is 0 Å². The molecule has 2 saturated heterocycles. The quantitative estimate of drug-likeness (QED) is 0.805. The lowest BCUT2D eigenvalue weighted by molar-refractivity contribution is -0.135. The third-order valence-electron chi connectivity index (χ3n) is 7.22. The molecule has 7 heteroatoms. The highest BCUT2D eigenvalue weighted by atomic mass is 16.3. The van der Waals surface area contributed by atoms with Gasteiger partial charge in [0.15, 0.2) is 0 Å². The van der Waals surface area contributed by atoms with Crippen LogP contribution in [-0.2, 0) is 17.8 Å². The first kappa shape index (κ1) is 19.3. The Morgan fingerprint density at radius 2 is 1.90 bits per heavy atom. The molecule has 0 radical (unpaired) electrons. The largest absolute Gasteiger partial charge is 0.391 e. The number of β-amino-alcohol motifs (C(OH)–C–C–N with tert-alkyl or cyclic N) is 1. The first-order valence-electron chi connectivity index (χ1n) is 11.3. The fourth-order valence-corrected chi connectivity index (χ4v) is 5.10. The van der Waals surface area contributed by atoms with E-state index in [9.17, 15) is 9.90 Å². The molecule has 1 aliphatic carbocycles. The average molecular weight is 400 g/mol. The SMILES string of the molecule is O=C(CN1CCc2nc(N3CCC(O)C3)ccc2C1)N1CCN(C2CCC2)CC1. The predicted molar refractivity (Wildman–Crippen MR) is 112 cm³/mol. The average Bonchev–Trinajstić information content (AvgIpc) is 3.13. The van der Waals surface area contributed by atoms with Crippen molar-refractivity contribution in [2.75, 3.05) is 57.3 Å². The van der Waals surface area contributed by atoms with E-state index >= 15 is 0 Å². The van der Waals surface area contributed by atoms with E-state index in [0.717, 1.165) is 76.2 Å². The van der Waals surface area contributed by atoms with Gasteiger partial charge in [0.05, 0.1) is 12.6 Å². The van der Waals surface area contributed by atoms with E-state index in [0.29, 0.717) is 13.1 Å². The number of carbonyl (C=O) groups excluding carboxylic acids is 1. The van der Waals surface area contributed by atoms with Gasteiger partial charge in [0, 0.05) is 70.5 Å². The topological polar surface area (TPSA) is 63.2 Å². The lowest BCUT2D eigenvalue weighted by Crippen LogP contribution is -2.55. The number of aliphatic hydroxyl groups excluding tert-OH is 1. The summed E-state index contributed by atoms with van der Waals surface area (Å²) in [6, 6.07) is 5.02. The van der Waals surface area contributed by atoms with Crippen LogP contribution < -0.4 is 4.90 Å². The zero-order valence-corrected chi connectivity index (χ0v) is 17.3. The highest BCUT2D eigenvalue weighted by Gasteiger charge is 2.30. The highest BCUT2D eigenvalue weighted by molar-refractivity contribution is 5.78. The molecule has 3 aliphatic heterocycles. The summed E-state index contributed by atoms with van der Waals surface area (Å²) >= 11 is 0. The summed E-state index contributed by atoms with van der Waals surface area (Å²) in [5.41, 5.74) is 2.39. The summed E-state index contributed by atoms with van der Waals surface area (Å²) in [5.74, 6) is 1.26. The minimum Gasteiger partial charge on any atom is -0.391 e. The molecule has 0 bridgehead atoms. The van der Waals surface area contributed by atoms with Crippen LogP contribution >= 0.6 is 0 Å². The number of fused-ring (bicyclic) bond motifs is 1. The third kappa shape index (κ3) is 4.13. The minimum atomic E-state index is -0.232. The molecule has 7 nitrogen and oxygen atoms in total. The van der Waals surface area contributed by atoms with Crippen LogP contribution in [0.4, 0.5) is 5.82 Å². The Kier molecular flexibility index (Phi) is 5.45. The summed E-state index contributed by atoms with van der Waals surface area (Å²) in [7, 11) is 0. The first-order chi connectivity index (χ1) is 14.2. The third-order valence-corrected chi connectivity index (χ3v) is 7.22. The lowest BCUT2D eigenvalue weighted by Gasteiger charge is -2.43. The number of aliphatic hydroxyl groups is 1. The van der Waals surface area contributed by atoms with Crippen molar-refractivity contribution in [3.63, 3.8) is 0 Å². The van der Waals surface area contributed by atoms with E-state index in [1.807, 2.05) is 0 Å². The summed E-state index contributed by atoms with van der Waals surface area (Å²) < 4.78 is 0. The van der Waals surface area contributed by atoms with Crippen molar-refractivity contribution >= 4 is 11.7 Å². The Hall–Kier alpha value is -1.70. The summed E-state index contributed by atoms with van der Waals surface area (Å²) in [5, 5.41) is 9.77. The minimum absolute atomic E-state index is 0.232. The second-order valence-electron chi connectivity index (χ2n) is 9.13. The molecule has 3 fully saturated rings. The van der Waals surface area contributed by atoms with Crippen molar-refractivity contribution in [1.82, 2.24) is 19.7 Å². The summed E-state index contributed by atoms with van der Waals surface area (Å²) in [4.78, 5) is 26.8. The Balaban J connectivity index is 1.13. The number of pyridine rings is 1. The van der Waals surface area contributed by atoms with E-state index < -0.39 is 0 Å². The molecular weight excluding hydrogens is 366 g/mol. The smallest absolute Gasteiger partial charge is 0.236 e. The molecule has 1 amide bonds. The fraction of sp³-hybridized carbons (Fsp3) is 0.727. The molecule has 1 atom stereocenters. The van der Waals surface area contributed by atoms with Crippen molar-refractivity contribution in [2.45, 2.75) is 50.8 Å². The van der Waals surface area contributed by atoms with E-state index in [1.165, 1.54) is 24.8 Å². The maximum absolute atomic E-state index is 12.8. The first-order valence-corrected chi connectivity index (χ1v) is 11.3. The molecule has 29 heavy (non-hydrogen) atoms. The number of hydrogen-bond donors (Lipinski definition) is 1. The molecular formula is C22H33N5O2. The van der Waals surface area contributed by atoms with Gasteiger partial charge in [0.1, 0.15) is 5.82 Å². The Morgan fingerprint density at radius 3 is 2.59 bits per heavy atom. The highest BCUT2D eigenvalue weighted by Crippen LogP contribution is 2.26. The second-order valence-corrected chi connectivity index (χ2v) is 9.13.